The van der Waals surface area contributed by atoms with Crippen LogP contribution in [0.5, 0.6) is 0 Å². The van der Waals surface area contributed by atoms with E-state index in [1.165, 1.54) is 11.1 Å². The van der Waals surface area contributed by atoms with Crippen LogP contribution in [0.15, 0.2) is 158 Å². The summed E-state index contributed by atoms with van der Waals surface area (Å²) in [4.78, 5) is 15.4. The summed E-state index contributed by atoms with van der Waals surface area (Å²) in [6, 6.07) is 54.8. The number of hydrogen-bond acceptors (Lipinski definition) is 3. The Bertz CT molecular complexity index is 2520. The van der Waals surface area contributed by atoms with Crippen molar-refractivity contribution in [3.05, 3.63) is 158 Å². The molecule has 0 bridgehead atoms. The van der Waals surface area contributed by atoms with Crippen LogP contribution in [0.1, 0.15) is 0 Å². The Morgan fingerprint density at radius 1 is 0.400 bits per heavy atom. The molecule has 0 aliphatic rings. The lowest BCUT2D eigenvalue weighted by atomic mass is 9.95. The van der Waals surface area contributed by atoms with Gasteiger partial charge in [-0.05, 0) is 42.0 Å². The highest BCUT2D eigenvalue weighted by Crippen LogP contribution is 2.38. The van der Waals surface area contributed by atoms with Crippen molar-refractivity contribution in [1.82, 2.24) is 19.5 Å². The standard InChI is InChI=1S/C41H26N4/c1-3-11-28(12-4-1)38-32-15-7-8-16-35(32)43-40-33(38)25-21-29-22-26-34(42-39(29)40)27-19-23-31(24-20-27)45-37-18-10-9-17-36(37)44-41(45)30-13-5-2-6-14-30/h1-26H. The smallest absolute Gasteiger partial charge is 0.145 e. The Labute approximate surface area is 259 Å². The van der Waals surface area contributed by atoms with Crippen molar-refractivity contribution in [1.29, 1.82) is 0 Å². The molecule has 0 saturated carbocycles. The van der Waals surface area contributed by atoms with Crippen LogP contribution < -0.4 is 0 Å². The van der Waals surface area contributed by atoms with Gasteiger partial charge in [0.05, 0.1) is 33.3 Å². The predicted molar refractivity (Wildman–Crippen MR) is 185 cm³/mol. The molecule has 0 radical (unpaired) electrons. The first kappa shape index (κ1) is 25.4. The molecule has 0 spiro atoms. The van der Waals surface area contributed by atoms with Gasteiger partial charge in [-0.2, -0.15) is 0 Å². The fourth-order valence-electron chi connectivity index (χ4n) is 6.46. The van der Waals surface area contributed by atoms with E-state index in [2.05, 4.69) is 144 Å². The first-order valence-electron chi connectivity index (χ1n) is 15.1. The number of hydrogen-bond donors (Lipinski definition) is 0. The second-order valence-corrected chi connectivity index (χ2v) is 11.3. The molecular weight excluding hydrogens is 548 g/mol. The molecule has 45 heavy (non-hydrogen) atoms. The second-order valence-electron chi connectivity index (χ2n) is 11.3. The number of imidazole rings is 1. The lowest BCUT2D eigenvalue weighted by Gasteiger charge is -2.13. The molecule has 0 aliphatic carbocycles. The van der Waals surface area contributed by atoms with E-state index in [1.807, 2.05) is 18.2 Å². The molecule has 9 aromatic rings. The molecule has 0 aliphatic heterocycles. The molecule has 0 amide bonds. The van der Waals surface area contributed by atoms with Crippen molar-refractivity contribution >= 4 is 43.7 Å². The highest BCUT2D eigenvalue weighted by atomic mass is 15.1. The molecule has 0 N–H and O–H groups in total. The summed E-state index contributed by atoms with van der Waals surface area (Å²) in [5.41, 5.74) is 11.3. The number of para-hydroxylation sites is 3. The van der Waals surface area contributed by atoms with Crippen LogP contribution in [0.3, 0.4) is 0 Å². The molecule has 6 aromatic carbocycles. The number of aromatic nitrogens is 4. The average Bonchev–Trinajstić information content (AvgIpc) is 3.51. The van der Waals surface area contributed by atoms with Gasteiger partial charge in [0, 0.05) is 38.5 Å². The van der Waals surface area contributed by atoms with Crippen LogP contribution >= 0.6 is 0 Å². The first-order valence-corrected chi connectivity index (χ1v) is 15.1. The van der Waals surface area contributed by atoms with E-state index in [0.717, 1.165) is 72.1 Å². The largest absolute Gasteiger partial charge is 0.292 e. The van der Waals surface area contributed by atoms with Gasteiger partial charge in [0.15, 0.2) is 0 Å². The van der Waals surface area contributed by atoms with Crippen LogP contribution in [0.25, 0.3) is 83.2 Å². The third-order valence-corrected chi connectivity index (χ3v) is 8.59. The first-order chi connectivity index (χ1) is 22.3. The molecule has 4 heteroatoms. The van der Waals surface area contributed by atoms with Gasteiger partial charge in [-0.15, -0.1) is 0 Å². The van der Waals surface area contributed by atoms with Gasteiger partial charge in [0.1, 0.15) is 5.82 Å². The van der Waals surface area contributed by atoms with Crippen LogP contribution in [-0.4, -0.2) is 19.5 Å². The maximum atomic E-state index is 5.24. The molecule has 0 fully saturated rings. The van der Waals surface area contributed by atoms with Crippen molar-refractivity contribution in [3.63, 3.8) is 0 Å². The summed E-state index contributed by atoms with van der Waals surface area (Å²) in [5, 5.41) is 3.32. The number of pyridine rings is 2. The van der Waals surface area contributed by atoms with Gasteiger partial charge in [-0.3, -0.25) is 4.57 Å². The summed E-state index contributed by atoms with van der Waals surface area (Å²) in [7, 11) is 0. The quantitative estimate of drug-likeness (QED) is 0.155. The normalized spacial score (nSPS) is 11.6. The van der Waals surface area contributed by atoms with Gasteiger partial charge in [-0.1, -0.05) is 121 Å². The summed E-state index contributed by atoms with van der Waals surface area (Å²) >= 11 is 0. The van der Waals surface area contributed by atoms with Crippen LogP contribution in [-0.2, 0) is 0 Å². The van der Waals surface area contributed by atoms with E-state index in [1.54, 1.807) is 0 Å². The molecule has 9 rings (SSSR count). The van der Waals surface area contributed by atoms with Gasteiger partial charge >= 0.3 is 0 Å². The van der Waals surface area contributed by atoms with Crippen LogP contribution in [0, 0.1) is 0 Å². The molecule has 0 unspecified atom stereocenters. The summed E-state index contributed by atoms with van der Waals surface area (Å²) in [6.07, 6.45) is 0. The third-order valence-electron chi connectivity index (χ3n) is 8.59. The molecular formula is C41H26N4. The lowest BCUT2D eigenvalue weighted by Crippen LogP contribution is -1.97. The topological polar surface area (TPSA) is 43.6 Å². The van der Waals surface area contributed by atoms with Crippen molar-refractivity contribution < 1.29 is 0 Å². The molecule has 3 heterocycles. The average molecular weight is 575 g/mol. The monoisotopic (exact) mass is 574 g/mol. The second kappa shape index (κ2) is 10.2. The van der Waals surface area contributed by atoms with Crippen molar-refractivity contribution in [2.45, 2.75) is 0 Å². The SMILES string of the molecule is c1ccc(-c2c3ccccc3nc3c2ccc2ccc(-c4ccc(-n5c(-c6ccccc6)nc6ccccc65)cc4)nc23)cc1. The predicted octanol–water partition coefficient (Wildman–Crippen LogP) is 10.3. The highest BCUT2D eigenvalue weighted by Gasteiger charge is 2.16. The molecule has 3 aromatic heterocycles. The van der Waals surface area contributed by atoms with E-state index in [9.17, 15) is 0 Å². The Hall–Kier alpha value is -6.13. The third kappa shape index (κ3) is 4.19. The lowest BCUT2D eigenvalue weighted by molar-refractivity contribution is 1.10. The minimum Gasteiger partial charge on any atom is -0.292 e. The Balaban J connectivity index is 1.20. The number of rotatable bonds is 4. The van der Waals surface area contributed by atoms with E-state index in [0.29, 0.717) is 0 Å². The minimum atomic E-state index is 0.906. The minimum absolute atomic E-state index is 0.906. The fraction of sp³-hybridized carbons (Fsp3) is 0. The van der Waals surface area contributed by atoms with E-state index < -0.39 is 0 Å². The molecule has 210 valence electrons. The number of nitrogens with zero attached hydrogens (tertiary/aromatic N) is 4. The van der Waals surface area contributed by atoms with Crippen molar-refractivity contribution in [2.24, 2.45) is 0 Å². The van der Waals surface area contributed by atoms with E-state index in [4.69, 9.17) is 15.0 Å². The molecule has 0 atom stereocenters. The summed E-state index contributed by atoms with van der Waals surface area (Å²) in [5.74, 6) is 0.923. The summed E-state index contributed by atoms with van der Waals surface area (Å²) < 4.78 is 2.23. The van der Waals surface area contributed by atoms with E-state index >= 15 is 0 Å². The van der Waals surface area contributed by atoms with Crippen molar-refractivity contribution in [2.75, 3.05) is 0 Å². The zero-order valence-electron chi connectivity index (χ0n) is 24.3. The zero-order valence-corrected chi connectivity index (χ0v) is 24.3. The number of benzene rings is 6. The zero-order chi connectivity index (χ0) is 29.7. The molecule has 0 saturated heterocycles. The van der Waals surface area contributed by atoms with E-state index in [-0.39, 0.29) is 0 Å². The van der Waals surface area contributed by atoms with Crippen LogP contribution in [0.2, 0.25) is 0 Å². The fourth-order valence-corrected chi connectivity index (χ4v) is 6.46. The molecule has 4 nitrogen and oxygen atoms in total. The Morgan fingerprint density at radius 2 is 1.07 bits per heavy atom. The van der Waals surface area contributed by atoms with Gasteiger partial charge in [0.2, 0.25) is 0 Å². The number of fused-ring (bicyclic) bond motifs is 5. The Kier molecular flexibility index (Phi) is 5.78. The van der Waals surface area contributed by atoms with Gasteiger partial charge < -0.3 is 0 Å². The maximum Gasteiger partial charge on any atom is 0.145 e. The highest BCUT2D eigenvalue weighted by molar-refractivity contribution is 6.16. The van der Waals surface area contributed by atoms with Crippen molar-refractivity contribution in [3.8, 4) is 39.5 Å². The Morgan fingerprint density at radius 3 is 1.87 bits per heavy atom. The van der Waals surface area contributed by atoms with Gasteiger partial charge in [0.25, 0.3) is 0 Å². The van der Waals surface area contributed by atoms with Gasteiger partial charge in [-0.25, -0.2) is 15.0 Å². The maximum absolute atomic E-state index is 5.24. The summed E-state index contributed by atoms with van der Waals surface area (Å²) in [6.45, 7) is 0. The van der Waals surface area contributed by atoms with Crippen LogP contribution in [0.4, 0.5) is 0 Å².